The molecule has 8 heteroatoms. The molecule has 4 rings (SSSR count). The number of amides is 1. The minimum atomic E-state index is -0.676. The molecule has 0 saturated carbocycles. The van der Waals surface area contributed by atoms with Gasteiger partial charge in [-0.05, 0) is 47.7 Å². The van der Waals surface area contributed by atoms with E-state index < -0.39 is 23.5 Å². The fraction of sp³-hybridized carbons (Fsp3) is 0.217. The predicted molar refractivity (Wildman–Crippen MR) is 115 cm³/mol. The van der Waals surface area contributed by atoms with Gasteiger partial charge in [0.25, 0.3) is 5.91 Å². The Morgan fingerprint density at radius 2 is 1.97 bits per heavy atom. The lowest BCUT2D eigenvalue weighted by Gasteiger charge is -2.25. The zero-order chi connectivity index (χ0) is 22.0. The van der Waals surface area contributed by atoms with Gasteiger partial charge in [0.1, 0.15) is 0 Å². The highest BCUT2D eigenvalue weighted by Gasteiger charge is 2.44. The molecule has 3 aromatic rings. The van der Waals surface area contributed by atoms with Crippen LogP contribution in [0.5, 0.6) is 11.5 Å². The Balaban J connectivity index is 1.63. The number of hydrogen-bond donors (Lipinski definition) is 1. The molecule has 31 heavy (non-hydrogen) atoms. The van der Waals surface area contributed by atoms with Crippen molar-refractivity contribution in [1.29, 1.82) is 0 Å². The van der Waals surface area contributed by atoms with Crippen molar-refractivity contribution in [3.05, 3.63) is 81.6 Å². The van der Waals surface area contributed by atoms with Gasteiger partial charge in [0.15, 0.2) is 23.0 Å². The number of aliphatic hydroxyl groups is 1. The van der Waals surface area contributed by atoms with E-state index in [0.717, 1.165) is 10.4 Å². The molecule has 1 aliphatic heterocycles. The van der Waals surface area contributed by atoms with Crippen LogP contribution in [-0.2, 0) is 11.2 Å². The third-order valence-electron chi connectivity index (χ3n) is 5.20. The van der Waals surface area contributed by atoms with Gasteiger partial charge in [-0.2, -0.15) is 0 Å². The lowest BCUT2D eigenvalue weighted by Crippen LogP contribution is -2.32. The van der Waals surface area contributed by atoms with Gasteiger partial charge in [-0.25, -0.2) is 0 Å². The number of Topliss-reactive ketones (excluding diaryl/α,β-unsaturated/α-hetero) is 1. The summed E-state index contributed by atoms with van der Waals surface area (Å²) in [4.78, 5) is 28.3. The Hall–Kier alpha value is -3.52. The third kappa shape index (κ3) is 3.82. The van der Waals surface area contributed by atoms with Crippen LogP contribution in [0.15, 0.2) is 69.9 Å². The summed E-state index contributed by atoms with van der Waals surface area (Å²) in [6.45, 7) is 0.301. The molecule has 0 fully saturated rings. The first-order chi connectivity index (χ1) is 15.0. The number of nitrogens with zero attached hydrogens (tertiary/aromatic N) is 1. The molecule has 0 spiro atoms. The molecule has 0 aliphatic carbocycles. The maximum absolute atomic E-state index is 13.0. The van der Waals surface area contributed by atoms with Gasteiger partial charge in [-0.3, -0.25) is 9.59 Å². The van der Waals surface area contributed by atoms with E-state index >= 15 is 0 Å². The number of carbonyl (C=O) groups excluding carboxylic acids is 2. The van der Waals surface area contributed by atoms with Crippen molar-refractivity contribution in [1.82, 2.24) is 4.90 Å². The summed E-state index contributed by atoms with van der Waals surface area (Å²) in [5, 5.41) is 12.5. The number of ether oxygens (including phenoxy) is 2. The van der Waals surface area contributed by atoms with Gasteiger partial charge in [0.05, 0.1) is 32.1 Å². The summed E-state index contributed by atoms with van der Waals surface area (Å²) < 4.78 is 15.8. The summed E-state index contributed by atoms with van der Waals surface area (Å²) in [5.41, 5.74) is 0.968. The normalized spacial score (nSPS) is 16.1. The molecule has 1 atom stereocenters. The molecular weight excluding hydrogens is 418 g/mol. The zero-order valence-corrected chi connectivity index (χ0v) is 17.8. The molecule has 1 amide bonds. The Labute approximate surface area is 183 Å². The van der Waals surface area contributed by atoms with E-state index in [4.69, 9.17) is 13.9 Å². The molecule has 0 bridgehead atoms. The van der Waals surface area contributed by atoms with Gasteiger partial charge in [0.2, 0.25) is 5.78 Å². The number of aliphatic hydroxyl groups excluding tert-OH is 1. The summed E-state index contributed by atoms with van der Waals surface area (Å²) in [7, 11) is 3.13. The Morgan fingerprint density at radius 1 is 1.16 bits per heavy atom. The van der Waals surface area contributed by atoms with Gasteiger partial charge >= 0.3 is 0 Å². The van der Waals surface area contributed by atoms with Crippen LogP contribution in [0.3, 0.4) is 0 Å². The molecule has 2 aromatic heterocycles. The summed E-state index contributed by atoms with van der Waals surface area (Å²) >= 11 is 1.42. The molecule has 1 N–H and O–H groups in total. The number of benzene rings is 1. The predicted octanol–water partition coefficient (Wildman–Crippen LogP) is 4.18. The molecule has 3 heterocycles. The molecule has 1 aromatic carbocycles. The molecule has 160 valence electrons. The first kappa shape index (κ1) is 20.7. The van der Waals surface area contributed by atoms with Gasteiger partial charge < -0.3 is 23.9 Å². The van der Waals surface area contributed by atoms with Crippen LogP contribution in [0.2, 0.25) is 0 Å². The van der Waals surface area contributed by atoms with Crippen molar-refractivity contribution >= 4 is 23.0 Å². The number of furan rings is 1. The van der Waals surface area contributed by atoms with Gasteiger partial charge in [0, 0.05) is 11.4 Å². The van der Waals surface area contributed by atoms with Crippen LogP contribution in [-0.4, -0.2) is 42.5 Å². The molecule has 0 saturated heterocycles. The fourth-order valence-electron chi connectivity index (χ4n) is 3.69. The monoisotopic (exact) mass is 439 g/mol. The van der Waals surface area contributed by atoms with Gasteiger partial charge in [-0.1, -0.05) is 12.1 Å². The minimum absolute atomic E-state index is 0.0368. The van der Waals surface area contributed by atoms with Crippen LogP contribution < -0.4 is 9.47 Å². The highest BCUT2D eigenvalue weighted by Crippen LogP contribution is 2.41. The first-order valence-electron chi connectivity index (χ1n) is 9.61. The minimum Gasteiger partial charge on any atom is -0.503 e. The fourth-order valence-corrected chi connectivity index (χ4v) is 4.53. The summed E-state index contributed by atoms with van der Waals surface area (Å²) in [6, 6.07) is 11.7. The SMILES string of the molecule is COc1ccc(CCN2C(=O)C(O)=C(C(=O)c3ccco3)[C@H]2c2cccs2)cc1OC. The molecule has 7 nitrogen and oxygen atoms in total. The molecular formula is C23H21NO6S. The summed E-state index contributed by atoms with van der Waals surface area (Å²) in [6.07, 6.45) is 1.89. The molecule has 1 aliphatic rings. The summed E-state index contributed by atoms with van der Waals surface area (Å²) in [5.74, 6) is -0.316. The zero-order valence-electron chi connectivity index (χ0n) is 17.0. The Bertz CT molecular complexity index is 1120. The van der Waals surface area contributed by atoms with E-state index in [-0.39, 0.29) is 11.3 Å². The van der Waals surface area contributed by atoms with E-state index in [1.807, 2.05) is 29.6 Å². The van der Waals surface area contributed by atoms with Crippen LogP contribution in [0.25, 0.3) is 0 Å². The van der Waals surface area contributed by atoms with Crippen molar-refractivity contribution in [2.75, 3.05) is 20.8 Å². The van der Waals surface area contributed by atoms with Gasteiger partial charge in [-0.15, -0.1) is 11.3 Å². The van der Waals surface area contributed by atoms with Crippen molar-refractivity contribution in [3.8, 4) is 11.5 Å². The topological polar surface area (TPSA) is 89.2 Å². The van der Waals surface area contributed by atoms with Crippen LogP contribution in [0.1, 0.15) is 27.0 Å². The smallest absolute Gasteiger partial charge is 0.290 e. The van der Waals surface area contributed by atoms with E-state index in [0.29, 0.717) is 24.5 Å². The lowest BCUT2D eigenvalue weighted by atomic mass is 10.00. The standard InChI is InChI=1S/C23H21NO6S/c1-28-15-8-7-14(13-17(15)29-2)9-10-24-20(18-6-4-12-31-18)19(22(26)23(24)27)21(25)16-5-3-11-30-16/h3-8,11-13,20,26H,9-10H2,1-2H3/t20-/m1/s1. The molecule has 0 radical (unpaired) electrons. The van der Waals surface area contributed by atoms with E-state index in [9.17, 15) is 14.7 Å². The number of methoxy groups -OCH3 is 2. The second-order valence-electron chi connectivity index (χ2n) is 6.92. The maximum atomic E-state index is 13.0. The van der Waals surface area contributed by atoms with Crippen molar-refractivity contribution in [2.45, 2.75) is 12.5 Å². The first-order valence-corrected chi connectivity index (χ1v) is 10.5. The van der Waals surface area contributed by atoms with Crippen molar-refractivity contribution in [3.63, 3.8) is 0 Å². The van der Waals surface area contributed by atoms with Crippen LogP contribution in [0, 0.1) is 0 Å². The highest BCUT2D eigenvalue weighted by molar-refractivity contribution is 7.10. The van der Waals surface area contributed by atoms with Crippen molar-refractivity contribution in [2.24, 2.45) is 0 Å². The number of carbonyl (C=O) groups is 2. The average Bonchev–Trinajstić information content (AvgIpc) is 3.54. The average molecular weight is 439 g/mol. The van der Waals surface area contributed by atoms with Crippen LogP contribution >= 0.6 is 11.3 Å². The van der Waals surface area contributed by atoms with E-state index in [2.05, 4.69) is 0 Å². The Kier molecular flexibility index (Phi) is 5.81. The maximum Gasteiger partial charge on any atom is 0.290 e. The quantitative estimate of drug-likeness (QED) is 0.530. The number of ketones is 1. The number of thiophene rings is 1. The molecule has 0 unspecified atom stereocenters. The van der Waals surface area contributed by atoms with Crippen molar-refractivity contribution < 1.29 is 28.6 Å². The largest absolute Gasteiger partial charge is 0.503 e. The number of rotatable bonds is 8. The van der Waals surface area contributed by atoms with E-state index in [1.165, 1.54) is 28.6 Å². The second-order valence-corrected chi connectivity index (χ2v) is 7.90. The highest BCUT2D eigenvalue weighted by atomic mass is 32.1. The lowest BCUT2D eigenvalue weighted by molar-refractivity contribution is -0.129. The second kappa shape index (κ2) is 8.69. The van der Waals surface area contributed by atoms with Crippen LogP contribution in [0.4, 0.5) is 0 Å². The Morgan fingerprint density at radius 3 is 2.61 bits per heavy atom. The number of hydrogen-bond acceptors (Lipinski definition) is 7. The van der Waals surface area contributed by atoms with E-state index in [1.54, 1.807) is 26.4 Å². The third-order valence-corrected chi connectivity index (χ3v) is 6.12.